The summed E-state index contributed by atoms with van der Waals surface area (Å²) in [6, 6.07) is 0.571. The maximum atomic E-state index is 10.8. The third-order valence-electron chi connectivity index (χ3n) is 4.07. The van der Waals surface area contributed by atoms with Crippen LogP contribution >= 0.6 is 0 Å². The molecule has 0 radical (unpaired) electrons. The molecule has 2 fully saturated rings. The third-order valence-corrected chi connectivity index (χ3v) is 4.07. The molecule has 2 saturated carbocycles. The minimum atomic E-state index is -0.717. The van der Waals surface area contributed by atoms with Crippen LogP contribution < -0.4 is 5.32 Å². The highest BCUT2D eigenvalue weighted by Gasteiger charge is 2.38. The Labute approximate surface area is 96.0 Å². The van der Waals surface area contributed by atoms with Crippen LogP contribution in [0.15, 0.2) is 0 Å². The van der Waals surface area contributed by atoms with Crippen molar-refractivity contribution in [3.05, 3.63) is 0 Å². The van der Waals surface area contributed by atoms with Crippen molar-refractivity contribution in [2.45, 2.75) is 50.7 Å². The molecule has 3 N–H and O–H groups in total. The fraction of sp³-hybridized carbons (Fsp3) is 0.917. The second-order valence-electron chi connectivity index (χ2n) is 5.54. The van der Waals surface area contributed by atoms with Gasteiger partial charge in [-0.2, -0.15) is 0 Å². The number of aliphatic carboxylic acids is 1. The van der Waals surface area contributed by atoms with Gasteiger partial charge >= 0.3 is 5.97 Å². The average molecular weight is 227 g/mol. The van der Waals surface area contributed by atoms with E-state index in [1.54, 1.807) is 0 Å². The van der Waals surface area contributed by atoms with E-state index in [0.29, 0.717) is 38.3 Å². The average Bonchev–Trinajstić information content (AvgIpc) is 2.93. The van der Waals surface area contributed by atoms with Gasteiger partial charge in [-0.15, -0.1) is 0 Å². The zero-order valence-electron chi connectivity index (χ0n) is 9.78. The molecular formula is C12H21NO3. The summed E-state index contributed by atoms with van der Waals surface area (Å²) < 4.78 is 0. The molecule has 0 heterocycles. The Morgan fingerprint density at radius 1 is 1.44 bits per heavy atom. The molecule has 2 aliphatic rings. The predicted octanol–water partition coefficient (Wildman–Crippen LogP) is 0.990. The Kier molecular flexibility index (Phi) is 3.22. The fourth-order valence-electron chi connectivity index (χ4n) is 2.51. The summed E-state index contributed by atoms with van der Waals surface area (Å²) >= 11 is 0. The smallest absolute Gasteiger partial charge is 0.306 e. The molecule has 0 aromatic heterocycles. The number of nitrogens with one attached hydrogen (secondary N) is 1. The summed E-state index contributed by atoms with van der Waals surface area (Å²) in [5.74, 6) is -0.232. The highest BCUT2D eigenvalue weighted by molar-refractivity contribution is 5.70. The zero-order chi connectivity index (χ0) is 11.8. The Bertz CT molecular complexity index is 271. The van der Waals surface area contributed by atoms with Crippen molar-refractivity contribution in [3.8, 4) is 0 Å². The van der Waals surface area contributed by atoms with Gasteiger partial charge in [0, 0.05) is 12.6 Å². The number of aliphatic hydroxyl groups is 1. The standard InChI is InChI=1S/C12H21NO3/c1-8-6-10(8)13-7-12(16)4-2-9(3-5-12)11(14)15/h8-10,13,16H,2-7H2,1H3,(H,14,15). The topological polar surface area (TPSA) is 69.6 Å². The first kappa shape index (κ1) is 11.9. The highest BCUT2D eigenvalue weighted by Crippen LogP contribution is 2.34. The van der Waals surface area contributed by atoms with Crippen molar-refractivity contribution in [3.63, 3.8) is 0 Å². The van der Waals surface area contributed by atoms with E-state index in [1.807, 2.05) is 0 Å². The quantitative estimate of drug-likeness (QED) is 0.670. The van der Waals surface area contributed by atoms with Crippen LogP contribution in [-0.4, -0.2) is 34.4 Å². The SMILES string of the molecule is CC1CC1NCC1(O)CCC(C(=O)O)CC1. The lowest BCUT2D eigenvalue weighted by Crippen LogP contribution is -2.45. The second-order valence-corrected chi connectivity index (χ2v) is 5.54. The molecule has 0 amide bonds. The van der Waals surface area contributed by atoms with E-state index in [9.17, 15) is 9.90 Å². The molecule has 2 unspecified atom stereocenters. The Morgan fingerprint density at radius 3 is 2.44 bits per heavy atom. The predicted molar refractivity (Wildman–Crippen MR) is 60.1 cm³/mol. The van der Waals surface area contributed by atoms with Gasteiger partial charge < -0.3 is 15.5 Å². The van der Waals surface area contributed by atoms with Crippen LogP contribution in [0.5, 0.6) is 0 Å². The van der Waals surface area contributed by atoms with Crippen LogP contribution in [0.25, 0.3) is 0 Å². The number of hydrogen-bond donors (Lipinski definition) is 3. The van der Waals surface area contributed by atoms with Crippen molar-refractivity contribution in [2.75, 3.05) is 6.54 Å². The molecule has 4 nitrogen and oxygen atoms in total. The largest absolute Gasteiger partial charge is 0.481 e. The van der Waals surface area contributed by atoms with Gasteiger partial charge in [0.25, 0.3) is 0 Å². The minimum absolute atomic E-state index is 0.250. The number of carbonyl (C=O) groups is 1. The molecule has 0 aromatic carbocycles. The van der Waals surface area contributed by atoms with Crippen LogP contribution in [0.3, 0.4) is 0 Å². The molecule has 0 bridgehead atoms. The summed E-state index contributed by atoms with van der Waals surface area (Å²) in [7, 11) is 0. The lowest BCUT2D eigenvalue weighted by Gasteiger charge is -2.34. The van der Waals surface area contributed by atoms with Crippen molar-refractivity contribution >= 4 is 5.97 Å². The molecule has 0 aromatic rings. The van der Waals surface area contributed by atoms with Gasteiger partial charge in [-0.1, -0.05) is 6.92 Å². The maximum absolute atomic E-state index is 10.8. The van der Waals surface area contributed by atoms with Gasteiger partial charge in [-0.05, 0) is 38.0 Å². The number of carboxylic acid groups (broad SMARTS) is 1. The van der Waals surface area contributed by atoms with Crippen LogP contribution in [0.2, 0.25) is 0 Å². The summed E-state index contributed by atoms with van der Waals surface area (Å²) in [5.41, 5.74) is -0.672. The second kappa shape index (κ2) is 4.34. The first-order valence-corrected chi connectivity index (χ1v) is 6.19. The van der Waals surface area contributed by atoms with Gasteiger partial charge in [0.15, 0.2) is 0 Å². The van der Waals surface area contributed by atoms with E-state index in [-0.39, 0.29) is 5.92 Å². The molecule has 4 heteroatoms. The van der Waals surface area contributed by atoms with Crippen LogP contribution in [0.1, 0.15) is 39.0 Å². The first-order valence-electron chi connectivity index (χ1n) is 6.19. The van der Waals surface area contributed by atoms with Gasteiger partial charge in [-0.3, -0.25) is 4.79 Å². The zero-order valence-corrected chi connectivity index (χ0v) is 9.78. The maximum Gasteiger partial charge on any atom is 0.306 e. The highest BCUT2D eigenvalue weighted by atomic mass is 16.4. The Hall–Kier alpha value is -0.610. The number of rotatable bonds is 4. The van der Waals surface area contributed by atoms with Crippen LogP contribution in [0.4, 0.5) is 0 Å². The number of hydrogen-bond acceptors (Lipinski definition) is 3. The monoisotopic (exact) mass is 227 g/mol. The summed E-state index contributed by atoms with van der Waals surface area (Å²) in [6.07, 6.45) is 3.63. The van der Waals surface area contributed by atoms with E-state index < -0.39 is 11.6 Å². The van der Waals surface area contributed by atoms with E-state index in [1.165, 1.54) is 6.42 Å². The Morgan fingerprint density at radius 2 is 2.00 bits per heavy atom. The molecule has 2 aliphatic carbocycles. The lowest BCUT2D eigenvalue weighted by atomic mass is 9.79. The van der Waals surface area contributed by atoms with Crippen LogP contribution in [-0.2, 0) is 4.79 Å². The molecule has 92 valence electrons. The third kappa shape index (κ3) is 2.74. The summed E-state index contributed by atoms with van der Waals surface area (Å²) in [5, 5.41) is 22.5. The lowest BCUT2D eigenvalue weighted by molar-refractivity contribution is -0.144. The van der Waals surface area contributed by atoms with Gasteiger partial charge in [0.2, 0.25) is 0 Å². The van der Waals surface area contributed by atoms with E-state index in [2.05, 4.69) is 12.2 Å². The van der Waals surface area contributed by atoms with E-state index in [0.717, 1.165) is 5.92 Å². The first-order chi connectivity index (χ1) is 7.50. The van der Waals surface area contributed by atoms with Crippen molar-refractivity contribution in [1.29, 1.82) is 0 Å². The Balaban J connectivity index is 1.74. The van der Waals surface area contributed by atoms with Crippen molar-refractivity contribution < 1.29 is 15.0 Å². The molecular weight excluding hydrogens is 206 g/mol. The van der Waals surface area contributed by atoms with E-state index in [4.69, 9.17) is 5.11 Å². The van der Waals surface area contributed by atoms with Crippen molar-refractivity contribution in [1.82, 2.24) is 5.32 Å². The van der Waals surface area contributed by atoms with Gasteiger partial charge in [0.1, 0.15) is 0 Å². The normalized spacial score (nSPS) is 43.0. The fourth-order valence-corrected chi connectivity index (χ4v) is 2.51. The van der Waals surface area contributed by atoms with E-state index >= 15 is 0 Å². The molecule has 0 saturated heterocycles. The number of carboxylic acids is 1. The summed E-state index contributed by atoms with van der Waals surface area (Å²) in [4.78, 5) is 10.8. The molecule has 0 aliphatic heterocycles. The molecule has 2 rings (SSSR count). The van der Waals surface area contributed by atoms with Gasteiger partial charge in [0.05, 0.1) is 11.5 Å². The van der Waals surface area contributed by atoms with Crippen LogP contribution in [0, 0.1) is 11.8 Å². The summed E-state index contributed by atoms with van der Waals surface area (Å²) in [6.45, 7) is 2.82. The molecule has 2 atom stereocenters. The minimum Gasteiger partial charge on any atom is -0.481 e. The van der Waals surface area contributed by atoms with Crippen molar-refractivity contribution in [2.24, 2.45) is 11.8 Å². The molecule has 16 heavy (non-hydrogen) atoms. The molecule has 0 spiro atoms. The van der Waals surface area contributed by atoms with Gasteiger partial charge in [-0.25, -0.2) is 0 Å².